The van der Waals surface area contributed by atoms with E-state index in [0.717, 1.165) is 17.5 Å². The van der Waals surface area contributed by atoms with Crippen LogP contribution in [0.2, 0.25) is 0 Å². The highest BCUT2D eigenvalue weighted by Crippen LogP contribution is 2.12. The molecule has 180 valence electrons. The molecule has 34 heavy (non-hydrogen) atoms. The zero-order valence-electron chi connectivity index (χ0n) is 19.2. The first-order valence-electron chi connectivity index (χ1n) is 11.5. The molecule has 1 heterocycles. The lowest BCUT2D eigenvalue weighted by Gasteiger charge is -2.26. The van der Waals surface area contributed by atoms with Crippen LogP contribution < -0.4 is 16.8 Å². The molecule has 1 aliphatic rings. The number of benzene rings is 2. The minimum absolute atomic E-state index is 0.0283. The summed E-state index contributed by atoms with van der Waals surface area (Å²) in [6.07, 6.45) is 4.50. The molecule has 2 atom stereocenters. The summed E-state index contributed by atoms with van der Waals surface area (Å²) in [7, 11) is 0. The number of rotatable bonds is 10. The van der Waals surface area contributed by atoms with Crippen molar-refractivity contribution in [1.82, 2.24) is 10.2 Å². The number of nitrogens with zero attached hydrogens (tertiary/aromatic N) is 1. The van der Waals surface area contributed by atoms with Crippen molar-refractivity contribution >= 4 is 17.7 Å². The van der Waals surface area contributed by atoms with Crippen LogP contribution >= 0.6 is 0 Å². The van der Waals surface area contributed by atoms with Crippen LogP contribution in [0.15, 0.2) is 66.7 Å². The maximum atomic E-state index is 12.7. The molecule has 0 aliphatic carbocycles. The highest BCUT2D eigenvalue weighted by Gasteiger charge is 2.20. The second kappa shape index (κ2) is 12.7. The van der Waals surface area contributed by atoms with Gasteiger partial charge in [-0.05, 0) is 42.5 Å². The predicted octanol–water partition coefficient (Wildman–Crippen LogP) is 1.19. The molecule has 0 spiro atoms. The molecule has 3 rings (SSSR count). The molecule has 0 aromatic heterocycles. The maximum Gasteiger partial charge on any atom is 0.254 e. The Bertz CT molecular complexity index is 986. The lowest BCUT2D eigenvalue weighted by molar-refractivity contribution is -0.122. The number of morpholine rings is 1. The molecule has 3 amide bonds. The number of ether oxygens (including phenoxy) is 1. The first kappa shape index (κ1) is 25.1. The van der Waals surface area contributed by atoms with Crippen LogP contribution in [-0.4, -0.2) is 61.0 Å². The van der Waals surface area contributed by atoms with Crippen molar-refractivity contribution in [2.24, 2.45) is 11.5 Å². The largest absolute Gasteiger partial charge is 0.378 e. The van der Waals surface area contributed by atoms with E-state index >= 15 is 0 Å². The molecule has 1 unspecified atom stereocenters. The van der Waals surface area contributed by atoms with Gasteiger partial charge in [-0.3, -0.25) is 14.4 Å². The van der Waals surface area contributed by atoms with E-state index in [1.54, 1.807) is 23.1 Å². The molecular weight excluding hydrogens is 432 g/mol. The van der Waals surface area contributed by atoms with E-state index in [0.29, 0.717) is 44.7 Å². The summed E-state index contributed by atoms with van der Waals surface area (Å²) < 4.78 is 5.29. The van der Waals surface area contributed by atoms with Gasteiger partial charge in [0, 0.05) is 30.8 Å². The number of nitrogens with two attached hydrogens (primary N) is 2. The van der Waals surface area contributed by atoms with E-state index in [4.69, 9.17) is 16.2 Å². The molecule has 8 heteroatoms. The minimum atomic E-state index is -0.776. The van der Waals surface area contributed by atoms with Crippen molar-refractivity contribution in [3.05, 3.63) is 83.4 Å². The minimum Gasteiger partial charge on any atom is -0.378 e. The third-order valence-corrected chi connectivity index (χ3v) is 5.70. The van der Waals surface area contributed by atoms with Crippen molar-refractivity contribution in [2.45, 2.75) is 31.3 Å². The van der Waals surface area contributed by atoms with Crippen LogP contribution in [0.5, 0.6) is 0 Å². The van der Waals surface area contributed by atoms with Crippen molar-refractivity contribution in [1.29, 1.82) is 0 Å². The number of aryl methyl sites for hydroxylation is 1. The molecular formula is C26H32N4O4. The van der Waals surface area contributed by atoms with Crippen LogP contribution in [0.1, 0.15) is 27.9 Å². The molecule has 0 saturated carbocycles. The first-order valence-corrected chi connectivity index (χ1v) is 11.5. The van der Waals surface area contributed by atoms with Crippen molar-refractivity contribution in [2.75, 3.05) is 26.3 Å². The SMILES string of the molecule is NC(=O)C=CC(CCc1ccccc1)NC(=O)[C@@H](N)Cc1ccc(C(=O)N2CCOCC2)cc1. The van der Waals surface area contributed by atoms with Gasteiger partial charge in [-0.1, -0.05) is 48.5 Å². The number of carbonyl (C=O) groups is 3. The molecule has 1 fully saturated rings. The summed E-state index contributed by atoms with van der Waals surface area (Å²) >= 11 is 0. The summed E-state index contributed by atoms with van der Waals surface area (Å²) in [4.78, 5) is 38.3. The van der Waals surface area contributed by atoms with Gasteiger partial charge in [0.25, 0.3) is 5.91 Å². The van der Waals surface area contributed by atoms with Crippen molar-refractivity contribution in [3.8, 4) is 0 Å². The summed E-state index contributed by atoms with van der Waals surface area (Å²) in [6.45, 7) is 2.27. The van der Waals surface area contributed by atoms with E-state index in [9.17, 15) is 14.4 Å². The van der Waals surface area contributed by atoms with Gasteiger partial charge >= 0.3 is 0 Å². The fourth-order valence-electron chi connectivity index (χ4n) is 3.76. The van der Waals surface area contributed by atoms with Crippen LogP contribution in [0.25, 0.3) is 0 Å². The lowest BCUT2D eigenvalue weighted by Crippen LogP contribution is -2.46. The molecule has 8 nitrogen and oxygen atoms in total. The molecule has 1 saturated heterocycles. The topological polar surface area (TPSA) is 128 Å². The Kier molecular flexibility index (Phi) is 9.37. The van der Waals surface area contributed by atoms with E-state index in [1.165, 1.54) is 6.08 Å². The number of hydrogen-bond donors (Lipinski definition) is 3. The number of primary amides is 1. The number of carbonyl (C=O) groups excluding carboxylic acids is 3. The van der Waals surface area contributed by atoms with Crippen LogP contribution in [-0.2, 0) is 27.2 Å². The zero-order valence-corrected chi connectivity index (χ0v) is 19.2. The Morgan fingerprint density at radius 3 is 2.32 bits per heavy atom. The van der Waals surface area contributed by atoms with Gasteiger partial charge in [-0.25, -0.2) is 0 Å². The van der Waals surface area contributed by atoms with Gasteiger partial charge in [0.05, 0.1) is 19.3 Å². The molecule has 5 N–H and O–H groups in total. The fourth-order valence-corrected chi connectivity index (χ4v) is 3.76. The normalized spacial score (nSPS) is 15.6. The maximum absolute atomic E-state index is 12.7. The average Bonchev–Trinajstić information content (AvgIpc) is 2.86. The Hall–Kier alpha value is -3.49. The van der Waals surface area contributed by atoms with Gasteiger partial charge in [-0.15, -0.1) is 0 Å². The summed E-state index contributed by atoms with van der Waals surface area (Å²) in [5.74, 6) is -0.921. The van der Waals surface area contributed by atoms with Gasteiger partial charge in [0.15, 0.2) is 0 Å². The zero-order chi connectivity index (χ0) is 24.3. The quantitative estimate of drug-likeness (QED) is 0.455. The van der Waals surface area contributed by atoms with Crippen molar-refractivity contribution in [3.63, 3.8) is 0 Å². The van der Waals surface area contributed by atoms with Gasteiger partial charge in [-0.2, -0.15) is 0 Å². The summed E-state index contributed by atoms with van der Waals surface area (Å²) in [5, 5.41) is 2.90. The average molecular weight is 465 g/mol. The Balaban J connectivity index is 1.55. The molecule has 2 aromatic carbocycles. The van der Waals surface area contributed by atoms with E-state index in [1.807, 2.05) is 42.5 Å². The second-order valence-electron chi connectivity index (χ2n) is 8.31. The summed E-state index contributed by atoms with van der Waals surface area (Å²) in [5.41, 5.74) is 14.0. The number of hydrogen-bond acceptors (Lipinski definition) is 5. The Morgan fingerprint density at radius 2 is 1.68 bits per heavy atom. The van der Waals surface area contributed by atoms with E-state index < -0.39 is 11.9 Å². The van der Waals surface area contributed by atoms with Gasteiger partial charge < -0.3 is 26.4 Å². The monoisotopic (exact) mass is 464 g/mol. The number of amides is 3. The van der Waals surface area contributed by atoms with Crippen LogP contribution in [0.3, 0.4) is 0 Å². The van der Waals surface area contributed by atoms with Crippen molar-refractivity contribution < 1.29 is 19.1 Å². The highest BCUT2D eigenvalue weighted by atomic mass is 16.5. The molecule has 0 radical (unpaired) electrons. The lowest BCUT2D eigenvalue weighted by atomic mass is 10.0. The van der Waals surface area contributed by atoms with Crippen LogP contribution in [0, 0.1) is 0 Å². The van der Waals surface area contributed by atoms with E-state index in [-0.39, 0.29) is 17.9 Å². The third kappa shape index (κ3) is 7.83. The smallest absolute Gasteiger partial charge is 0.254 e. The first-order chi connectivity index (χ1) is 16.4. The van der Waals surface area contributed by atoms with Gasteiger partial charge in [0.2, 0.25) is 11.8 Å². The van der Waals surface area contributed by atoms with Crippen LogP contribution in [0.4, 0.5) is 0 Å². The number of nitrogens with one attached hydrogen (secondary N) is 1. The third-order valence-electron chi connectivity index (χ3n) is 5.70. The second-order valence-corrected chi connectivity index (χ2v) is 8.31. The molecule has 0 bridgehead atoms. The Labute approximate surface area is 199 Å². The van der Waals surface area contributed by atoms with E-state index in [2.05, 4.69) is 5.32 Å². The molecule has 2 aromatic rings. The summed E-state index contributed by atoms with van der Waals surface area (Å²) in [6, 6.07) is 15.9. The van der Waals surface area contributed by atoms with Gasteiger partial charge in [0.1, 0.15) is 0 Å². The standard InChI is InChI=1S/C26H32N4O4/c27-23(18-20-6-9-21(10-7-20)26(33)30-14-16-34-17-15-30)25(32)29-22(12-13-24(28)31)11-8-19-4-2-1-3-5-19/h1-7,9-10,12-13,22-23H,8,11,14-18,27H2,(H2,28,31)(H,29,32)/t22?,23-/m0/s1. The predicted molar refractivity (Wildman–Crippen MR) is 130 cm³/mol. The molecule has 1 aliphatic heterocycles. The fraction of sp³-hybridized carbons (Fsp3) is 0.346. The highest BCUT2D eigenvalue weighted by molar-refractivity contribution is 5.94. The Morgan fingerprint density at radius 1 is 1.00 bits per heavy atom.